The van der Waals surface area contributed by atoms with Gasteiger partial charge in [0, 0.05) is 0 Å². The third-order valence-corrected chi connectivity index (χ3v) is 4.79. The molecule has 0 bridgehead atoms. The Morgan fingerprint density at radius 2 is 2.11 bits per heavy atom. The minimum Gasteiger partial charge on any atom is -0.432 e. The van der Waals surface area contributed by atoms with Gasteiger partial charge in [0.1, 0.15) is 18.2 Å². The van der Waals surface area contributed by atoms with Gasteiger partial charge in [0.15, 0.2) is 11.5 Å². The van der Waals surface area contributed by atoms with Crippen molar-refractivity contribution >= 4 is 41.4 Å². The lowest BCUT2D eigenvalue weighted by Gasteiger charge is -2.19. The zero-order valence-electron chi connectivity index (χ0n) is 15.1. The molecule has 27 heavy (non-hydrogen) atoms. The van der Waals surface area contributed by atoms with Crippen molar-refractivity contribution in [1.82, 2.24) is 19.5 Å². The summed E-state index contributed by atoms with van der Waals surface area (Å²) in [5.74, 6) is 0.294. The van der Waals surface area contributed by atoms with E-state index in [1.165, 1.54) is 6.33 Å². The highest BCUT2D eigenvalue weighted by Crippen LogP contribution is 2.42. The van der Waals surface area contributed by atoms with E-state index in [0.29, 0.717) is 23.5 Å². The summed E-state index contributed by atoms with van der Waals surface area (Å²) in [6.45, 7) is 1.76. The van der Waals surface area contributed by atoms with Crippen LogP contribution in [0.1, 0.15) is 20.8 Å². The van der Waals surface area contributed by atoms with E-state index < -0.39 is 19.4 Å². The third-order valence-electron chi connectivity index (χ3n) is 3.17. The SMILES string of the molecule is CC(C)OC(=O)OCOP(O)(=S)CO[C@H](C)Cn1cnc2c(N)ncnc21. The molecule has 0 aliphatic rings. The number of imidazole rings is 1. The number of carbonyl (C=O) groups excluding carboxylic acids is 1. The van der Waals surface area contributed by atoms with Crippen LogP contribution in [0.3, 0.4) is 0 Å². The van der Waals surface area contributed by atoms with Crippen LogP contribution >= 0.6 is 6.49 Å². The normalized spacial score (nSPS) is 14.9. The average Bonchev–Trinajstić information content (AvgIpc) is 2.97. The molecule has 0 aliphatic carbocycles. The summed E-state index contributed by atoms with van der Waals surface area (Å²) in [5.41, 5.74) is 6.83. The van der Waals surface area contributed by atoms with Gasteiger partial charge in [-0.05, 0) is 32.6 Å². The standard InChI is InChI=1S/C14H22N5O6PS/c1-9(2)25-14(20)22-7-24-26(21,27)8-23-10(3)4-19-6-18-11-12(15)16-5-17-13(11)19/h5-6,9-10H,4,7-8H2,1-3H3,(H,21,27)(H2,15,16,17)/t10-,26?/m1/s1. The monoisotopic (exact) mass is 419 g/mol. The number of ether oxygens (including phenoxy) is 3. The van der Waals surface area contributed by atoms with Crippen LogP contribution in [0.4, 0.5) is 10.6 Å². The predicted octanol–water partition coefficient (Wildman–Crippen LogP) is 1.61. The number of carbonyl (C=O) groups is 1. The Balaban J connectivity index is 1.79. The number of hydrogen-bond acceptors (Lipinski definition) is 10. The summed E-state index contributed by atoms with van der Waals surface area (Å²) in [4.78, 5) is 33.5. The second-order valence-corrected chi connectivity index (χ2v) is 9.38. The van der Waals surface area contributed by atoms with Crippen molar-refractivity contribution in [2.24, 2.45) is 0 Å². The number of nitrogen functional groups attached to an aromatic ring is 1. The van der Waals surface area contributed by atoms with E-state index >= 15 is 0 Å². The Morgan fingerprint density at radius 3 is 2.81 bits per heavy atom. The predicted molar refractivity (Wildman–Crippen MR) is 100 cm³/mol. The molecule has 0 aromatic carbocycles. The molecule has 0 spiro atoms. The minimum atomic E-state index is -3.27. The van der Waals surface area contributed by atoms with Crippen molar-refractivity contribution in [3.8, 4) is 0 Å². The van der Waals surface area contributed by atoms with Gasteiger partial charge in [-0.2, -0.15) is 0 Å². The molecule has 0 saturated carbocycles. The summed E-state index contributed by atoms with van der Waals surface area (Å²) in [6, 6.07) is 0. The maximum Gasteiger partial charge on any atom is 0.510 e. The molecule has 2 rings (SSSR count). The Bertz CT molecular complexity index is 831. The molecule has 0 fully saturated rings. The molecule has 0 amide bonds. The number of anilines is 1. The molecule has 0 aliphatic heterocycles. The van der Waals surface area contributed by atoms with Crippen LogP contribution in [-0.4, -0.2) is 55.9 Å². The van der Waals surface area contributed by atoms with E-state index in [1.54, 1.807) is 31.7 Å². The molecule has 2 atom stereocenters. The zero-order valence-corrected chi connectivity index (χ0v) is 16.9. The second kappa shape index (κ2) is 9.38. The molecule has 150 valence electrons. The molecule has 1 unspecified atom stereocenters. The number of aromatic nitrogens is 4. The number of rotatable bonds is 9. The quantitative estimate of drug-likeness (QED) is 0.347. The fourth-order valence-electron chi connectivity index (χ4n) is 2.00. The van der Waals surface area contributed by atoms with Gasteiger partial charge in [0.05, 0.1) is 25.1 Å². The first kappa shape index (κ1) is 21.5. The van der Waals surface area contributed by atoms with Crippen molar-refractivity contribution in [3.63, 3.8) is 0 Å². The third kappa shape index (κ3) is 6.67. The minimum absolute atomic E-state index is 0.212. The van der Waals surface area contributed by atoms with Crippen molar-refractivity contribution in [3.05, 3.63) is 12.7 Å². The largest absolute Gasteiger partial charge is 0.510 e. The first-order chi connectivity index (χ1) is 12.7. The van der Waals surface area contributed by atoms with Crippen LogP contribution in [0.15, 0.2) is 12.7 Å². The van der Waals surface area contributed by atoms with E-state index in [9.17, 15) is 9.69 Å². The van der Waals surface area contributed by atoms with Gasteiger partial charge in [-0.25, -0.2) is 19.7 Å². The first-order valence-electron chi connectivity index (χ1n) is 8.00. The molecule has 11 nitrogen and oxygen atoms in total. The van der Waals surface area contributed by atoms with Crippen molar-refractivity contribution in [2.45, 2.75) is 39.5 Å². The fraction of sp³-hybridized carbons (Fsp3) is 0.571. The lowest BCUT2D eigenvalue weighted by Crippen LogP contribution is -2.18. The molecule has 13 heteroatoms. The van der Waals surface area contributed by atoms with Gasteiger partial charge in [-0.1, -0.05) is 0 Å². The zero-order chi connectivity index (χ0) is 20.0. The molecule has 3 N–H and O–H groups in total. The topological polar surface area (TPSA) is 144 Å². The molecule has 2 heterocycles. The van der Waals surface area contributed by atoms with Crippen molar-refractivity contribution in [1.29, 1.82) is 0 Å². The number of nitrogens with two attached hydrogens (primary N) is 1. The Hall–Kier alpha value is -1.85. The Kier molecular flexibility index (Phi) is 7.45. The lowest BCUT2D eigenvalue weighted by molar-refractivity contribution is -0.0109. The highest BCUT2D eigenvalue weighted by Gasteiger charge is 2.19. The van der Waals surface area contributed by atoms with Crippen LogP contribution in [0.5, 0.6) is 0 Å². The average molecular weight is 419 g/mol. The summed E-state index contributed by atoms with van der Waals surface area (Å²) < 4.78 is 21.8. The Morgan fingerprint density at radius 1 is 1.37 bits per heavy atom. The van der Waals surface area contributed by atoms with Crippen LogP contribution in [-0.2, 0) is 37.1 Å². The first-order valence-corrected chi connectivity index (χ1v) is 10.9. The molecule has 0 saturated heterocycles. The van der Waals surface area contributed by atoms with E-state index in [-0.39, 0.29) is 18.6 Å². The van der Waals surface area contributed by atoms with Crippen LogP contribution in [0.2, 0.25) is 0 Å². The highest BCUT2D eigenvalue weighted by atomic mass is 32.5. The van der Waals surface area contributed by atoms with Crippen LogP contribution in [0, 0.1) is 0 Å². The van der Waals surface area contributed by atoms with E-state index in [4.69, 9.17) is 31.5 Å². The van der Waals surface area contributed by atoms with Gasteiger partial charge >= 0.3 is 6.16 Å². The van der Waals surface area contributed by atoms with Gasteiger partial charge in [0.25, 0.3) is 0 Å². The van der Waals surface area contributed by atoms with Crippen molar-refractivity contribution < 1.29 is 28.4 Å². The van der Waals surface area contributed by atoms with Crippen LogP contribution < -0.4 is 5.73 Å². The van der Waals surface area contributed by atoms with E-state index in [2.05, 4.69) is 19.7 Å². The van der Waals surface area contributed by atoms with Crippen LogP contribution in [0.25, 0.3) is 11.2 Å². The second-order valence-electron chi connectivity index (χ2n) is 5.88. The highest BCUT2D eigenvalue weighted by molar-refractivity contribution is 8.09. The van der Waals surface area contributed by atoms with Gasteiger partial charge < -0.3 is 29.4 Å². The molecular formula is C14H22N5O6PS. The van der Waals surface area contributed by atoms with E-state index in [0.717, 1.165) is 0 Å². The van der Waals surface area contributed by atoms with Gasteiger partial charge in [-0.3, -0.25) is 4.52 Å². The summed E-state index contributed by atoms with van der Waals surface area (Å²) >= 11 is 4.97. The number of fused-ring (bicyclic) bond motifs is 1. The maximum absolute atomic E-state index is 11.2. The molecule has 2 aromatic heterocycles. The van der Waals surface area contributed by atoms with Gasteiger partial charge in [0.2, 0.25) is 13.3 Å². The molecule has 2 aromatic rings. The Labute approximate surface area is 161 Å². The fourth-order valence-corrected chi connectivity index (χ4v) is 3.05. The van der Waals surface area contributed by atoms with E-state index in [1.807, 2.05) is 0 Å². The summed E-state index contributed by atoms with van der Waals surface area (Å²) in [6.07, 6.45) is 1.17. The summed E-state index contributed by atoms with van der Waals surface area (Å²) in [5, 5.41) is 0. The number of hydrogen-bond donors (Lipinski definition) is 2. The molecular weight excluding hydrogens is 397 g/mol. The smallest absolute Gasteiger partial charge is 0.432 e. The lowest BCUT2D eigenvalue weighted by atomic mass is 10.4. The number of nitrogens with zero attached hydrogens (tertiary/aromatic N) is 4. The van der Waals surface area contributed by atoms with Gasteiger partial charge in [-0.15, -0.1) is 0 Å². The maximum atomic E-state index is 11.2. The summed E-state index contributed by atoms with van der Waals surface area (Å²) in [7, 11) is 0. The van der Waals surface area contributed by atoms with Crippen molar-refractivity contribution in [2.75, 3.05) is 18.9 Å². The molecule has 0 radical (unpaired) electrons.